The number of fused-ring (bicyclic) bond motifs is 1. The molecule has 0 aliphatic carbocycles. The summed E-state index contributed by atoms with van der Waals surface area (Å²) in [5.41, 5.74) is 0.407. The summed E-state index contributed by atoms with van der Waals surface area (Å²) in [6.45, 7) is 3.64. The predicted molar refractivity (Wildman–Crippen MR) is 108 cm³/mol. The number of ether oxygens (including phenoxy) is 1. The number of rotatable bonds is 7. The Balaban J connectivity index is 1.79. The van der Waals surface area contributed by atoms with Gasteiger partial charge in [-0.05, 0) is 36.6 Å². The number of carbonyl (C=O) groups excluding carboxylic acids is 2. The zero-order valence-corrected chi connectivity index (χ0v) is 16.9. The second-order valence-corrected chi connectivity index (χ2v) is 9.45. The van der Waals surface area contributed by atoms with Gasteiger partial charge < -0.3 is 9.64 Å². The number of hydrogen-bond acceptors (Lipinski definition) is 5. The lowest BCUT2D eigenvalue weighted by atomic mass is 10.0. The van der Waals surface area contributed by atoms with Gasteiger partial charge in [-0.15, -0.1) is 0 Å². The summed E-state index contributed by atoms with van der Waals surface area (Å²) in [5.74, 6) is 0.198. The molecule has 3 rings (SSSR count). The summed E-state index contributed by atoms with van der Waals surface area (Å²) in [6, 6.07) is 10.6. The lowest BCUT2D eigenvalue weighted by molar-refractivity contribution is -0.137. The second kappa shape index (κ2) is 8.31. The maximum absolute atomic E-state index is 12.9. The molecule has 0 unspecified atom stereocenters. The molecular weight excluding hydrogens is 378 g/mol. The van der Waals surface area contributed by atoms with Crippen LogP contribution in [0.4, 0.5) is 0 Å². The molecule has 1 saturated heterocycles. The van der Waals surface area contributed by atoms with E-state index in [0.29, 0.717) is 17.7 Å². The monoisotopic (exact) mass is 403 g/mol. The fourth-order valence-electron chi connectivity index (χ4n) is 3.74. The van der Waals surface area contributed by atoms with Gasteiger partial charge in [0.25, 0.3) is 5.91 Å². The van der Waals surface area contributed by atoms with Crippen LogP contribution in [0.5, 0.6) is 5.75 Å². The van der Waals surface area contributed by atoms with Gasteiger partial charge in [0, 0.05) is 12.1 Å². The quantitative estimate of drug-likeness (QED) is 0.664. The Hall–Kier alpha value is -2.41. The van der Waals surface area contributed by atoms with Gasteiger partial charge in [-0.25, -0.2) is 8.42 Å². The minimum atomic E-state index is -3.10. The third-order valence-electron chi connectivity index (χ3n) is 5.36. The molecule has 1 fully saturated rings. The molecule has 2 aromatic rings. The van der Waals surface area contributed by atoms with Crippen LogP contribution in [0.3, 0.4) is 0 Å². The van der Waals surface area contributed by atoms with E-state index in [9.17, 15) is 18.0 Å². The van der Waals surface area contributed by atoms with E-state index in [0.717, 1.165) is 23.5 Å². The molecule has 1 amide bonds. The summed E-state index contributed by atoms with van der Waals surface area (Å²) in [7, 11) is -3.10. The molecule has 7 heteroatoms. The number of benzene rings is 2. The molecule has 6 nitrogen and oxygen atoms in total. The Morgan fingerprint density at radius 3 is 2.68 bits per heavy atom. The summed E-state index contributed by atoms with van der Waals surface area (Å²) >= 11 is 0. The third-order valence-corrected chi connectivity index (χ3v) is 7.11. The Labute approximate surface area is 165 Å². The highest BCUT2D eigenvalue weighted by atomic mass is 32.2. The second-order valence-electron chi connectivity index (χ2n) is 7.22. The number of carbonyl (C=O) groups is 2. The molecule has 0 spiro atoms. The molecule has 2 aromatic carbocycles. The van der Waals surface area contributed by atoms with Gasteiger partial charge in [0.05, 0.1) is 17.1 Å². The molecule has 2 atom stereocenters. The van der Waals surface area contributed by atoms with E-state index < -0.39 is 9.84 Å². The minimum Gasteiger partial charge on any atom is -0.483 e. The maximum atomic E-state index is 12.9. The van der Waals surface area contributed by atoms with Gasteiger partial charge in [0.1, 0.15) is 5.75 Å². The molecule has 28 heavy (non-hydrogen) atoms. The first kappa shape index (κ1) is 20.3. The number of amides is 1. The van der Waals surface area contributed by atoms with Crippen molar-refractivity contribution in [3.8, 4) is 5.75 Å². The van der Waals surface area contributed by atoms with Crippen molar-refractivity contribution >= 4 is 32.8 Å². The number of sulfone groups is 1. The van der Waals surface area contributed by atoms with E-state index >= 15 is 0 Å². The smallest absolute Gasteiger partial charge is 0.261 e. The van der Waals surface area contributed by atoms with Crippen molar-refractivity contribution in [1.29, 1.82) is 0 Å². The van der Waals surface area contributed by atoms with Crippen molar-refractivity contribution in [2.24, 2.45) is 0 Å². The van der Waals surface area contributed by atoms with Gasteiger partial charge in [0.2, 0.25) is 0 Å². The zero-order chi connectivity index (χ0) is 20.3. The van der Waals surface area contributed by atoms with Crippen molar-refractivity contribution in [2.75, 3.05) is 18.1 Å². The van der Waals surface area contributed by atoms with E-state index in [4.69, 9.17) is 4.74 Å². The SMILES string of the molecule is CC[C@H](C)N(C(=O)COc1ccc2ccccc2c1C=O)[C@@H]1CCS(=O)(=O)C1. The number of hydrogen-bond donors (Lipinski definition) is 0. The molecule has 0 radical (unpaired) electrons. The average molecular weight is 404 g/mol. The molecular formula is C21H25NO5S. The Morgan fingerprint density at radius 1 is 1.29 bits per heavy atom. The van der Waals surface area contributed by atoms with E-state index in [1.54, 1.807) is 11.0 Å². The fraction of sp³-hybridized carbons (Fsp3) is 0.429. The van der Waals surface area contributed by atoms with Crippen LogP contribution in [-0.2, 0) is 14.6 Å². The van der Waals surface area contributed by atoms with E-state index in [1.165, 1.54) is 0 Å². The molecule has 150 valence electrons. The van der Waals surface area contributed by atoms with Gasteiger partial charge >= 0.3 is 0 Å². The van der Waals surface area contributed by atoms with Crippen molar-refractivity contribution < 1.29 is 22.7 Å². The van der Waals surface area contributed by atoms with Crippen LogP contribution in [0, 0.1) is 0 Å². The van der Waals surface area contributed by atoms with Crippen LogP contribution >= 0.6 is 0 Å². The fourth-order valence-corrected chi connectivity index (χ4v) is 5.45. The van der Waals surface area contributed by atoms with Crippen molar-refractivity contribution in [3.05, 3.63) is 42.0 Å². The normalized spacial score (nSPS) is 19.3. The molecule has 0 bridgehead atoms. The number of nitrogens with zero attached hydrogens (tertiary/aromatic N) is 1. The standard InChI is InChI=1S/C21H25NO5S/c1-3-15(2)22(17-10-11-28(25,26)14-17)21(24)13-27-20-9-8-16-6-4-5-7-18(16)19(20)12-23/h4-9,12,15,17H,3,10-11,13-14H2,1-2H3/t15-,17+/m0/s1. The van der Waals surface area contributed by atoms with Gasteiger partial charge in [-0.1, -0.05) is 37.3 Å². The zero-order valence-electron chi connectivity index (χ0n) is 16.1. The van der Waals surface area contributed by atoms with Crippen LogP contribution in [0.1, 0.15) is 37.0 Å². The Morgan fingerprint density at radius 2 is 2.04 bits per heavy atom. The third kappa shape index (κ3) is 4.19. The van der Waals surface area contributed by atoms with E-state index in [-0.39, 0.29) is 36.1 Å². The highest BCUT2D eigenvalue weighted by molar-refractivity contribution is 7.91. The largest absolute Gasteiger partial charge is 0.483 e. The highest BCUT2D eigenvalue weighted by Gasteiger charge is 2.36. The molecule has 0 aromatic heterocycles. The Kier molecular flexibility index (Phi) is 6.03. The first-order valence-corrected chi connectivity index (χ1v) is 11.3. The first-order chi connectivity index (χ1) is 13.4. The lowest BCUT2D eigenvalue weighted by Crippen LogP contribution is -2.48. The maximum Gasteiger partial charge on any atom is 0.261 e. The molecule has 1 aliphatic heterocycles. The van der Waals surface area contributed by atoms with Crippen LogP contribution < -0.4 is 4.74 Å². The van der Waals surface area contributed by atoms with Crippen LogP contribution in [0.2, 0.25) is 0 Å². The van der Waals surface area contributed by atoms with Crippen molar-refractivity contribution in [2.45, 2.75) is 38.8 Å². The summed E-state index contributed by atoms with van der Waals surface area (Å²) in [4.78, 5) is 26.2. The lowest BCUT2D eigenvalue weighted by Gasteiger charge is -2.33. The van der Waals surface area contributed by atoms with Crippen LogP contribution in [0.25, 0.3) is 10.8 Å². The highest BCUT2D eigenvalue weighted by Crippen LogP contribution is 2.27. The Bertz CT molecular complexity index is 985. The first-order valence-electron chi connectivity index (χ1n) is 9.47. The molecule has 1 heterocycles. The molecule has 0 saturated carbocycles. The van der Waals surface area contributed by atoms with Gasteiger partial charge in [0.15, 0.2) is 22.7 Å². The summed E-state index contributed by atoms with van der Waals surface area (Å²) < 4.78 is 29.4. The van der Waals surface area contributed by atoms with E-state index in [1.807, 2.05) is 44.2 Å². The van der Waals surface area contributed by atoms with Crippen LogP contribution in [0.15, 0.2) is 36.4 Å². The molecule has 0 N–H and O–H groups in total. The average Bonchev–Trinajstić information content (AvgIpc) is 3.04. The summed E-state index contributed by atoms with van der Waals surface area (Å²) in [5, 5.41) is 1.68. The van der Waals surface area contributed by atoms with E-state index in [2.05, 4.69) is 0 Å². The minimum absolute atomic E-state index is 0.00135. The summed E-state index contributed by atoms with van der Waals surface area (Å²) in [6.07, 6.45) is 1.91. The van der Waals surface area contributed by atoms with Crippen molar-refractivity contribution in [3.63, 3.8) is 0 Å². The van der Waals surface area contributed by atoms with Crippen LogP contribution in [-0.4, -0.2) is 55.7 Å². The number of aldehydes is 1. The molecule has 1 aliphatic rings. The topological polar surface area (TPSA) is 80.8 Å². The van der Waals surface area contributed by atoms with Gasteiger partial charge in [-0.2, -0.15) is 0 Å². The predicted octanol–water partition coefficient (Wildman–Crippen LogP) is 2.85. The van der Waals surface area contributed by atoms with Crippen molar-refractivity contribution in [1.82, 2.24) is 4.90 Å². The van der Waals surface area contributed by atoms with Gasteiger partial charge in [-0.3, -0.25) is 9.59 Å².